The molecule has 3 aliphatic rings. The molecule has 13 atom stereocenters. The second-order valence-corrected chi connectivity index (χ2v) is 19.0. The summed E-state index contributed by atoms with van der Waals surface area (Å²) in [6.45, 7) is 0.808. The Morgan fingerprint density at radius 2 is 1.33 bits per heavy atom. The van der Waals surface area contributed by atoms with Crippen LogP contribution in [0.15, 0.2) is 78.9 Å². The van der Waals surface area contributed by atoms with Gasteiger partial charge in [0.05, 0.1) is 43.0 Å². The summed E-state index contributed by atoms with van der Waals surface area (Å²) in [7, 11) is 0. The standard InChI is InChI=1S/C50H64N8O17/c1-25-21-58-42(43(25)66)47(70)52-20-30(60)17-32(53-50(73)75-24-28-11-7-4-8-12-28)44(67)54-39(26(2)59)48(71)57-22-31(61)18-33(57)45(68)55-40(46(69)56-41(49(58)72)36(64)19-38(51)65)35(63)16-29-13-14-37(34(62)15-29)74-23-27-9-5-3-6-10-27/h3-15,25-26,30-33,35-36,39-43,59-64,66H,16-24H2,1-2H3,(H2,51,65)(H,52,70)(H,53,73)(H,54,67)(H,55,68)(H,56,69)/t25-,26+,30+,31+,32-,33-,35+,36+,39-,40-,41-,42-,43-/m0/s1. The molecule has 0 bridgehead atoms. The second kappa shape index (κ2) is 25.7. The number of nitrogens with two attached hydrogens (primary N) is 1. The molecule has 0 unspecified atom stereocenters. The van der Waals surface area contributed by atoms with E-state index in [9.17, 15) is 74.1 Å². The van der Waals surface area contributed by atoms with Gasteiger partial charge in [-0.1, -0.05) is 73.7 Å². The van der Waals surface area contributed by atoms with Crippen molar-refractivity contribution in [3.63, 3.8) is 0 Å². The van der Waals surface area contributed by atoms with Crippen molar-refractivity contribution in [2.75, 3.05) is 19.6 Å². The number of benzene rings is 3. The predicted molar refractivity (Wildman–Crippen MR) is 260 cm³/mol. The SMILES string of the molecule is C[C@@H](O)[C@@H]1NC(=O)[C@@H](NC(=O)OCc2ccccc2)C[C@@H](O)CNC(=O)[C@@H]2[C@@H](O)[C@@H](C)CN2C(=O)[C@H]([C@H](O)CC(N)=O)NC(=O)[C@H]([C@H](O)Cc2ccc(OCc3ccccc3)c(O)c2)NC(=O)[C@@H]2C[C@@H](O)CN2C1=O. The Labute approximate surface area is 430 Å². The minimum atomic E-state index is -2.17. The second-order valence-electron chi connectivity index (χ2n) is 19.0. The van der Waals surface area contributed by atoms with Crippen LogP contribution in [0.5, 0.6) is 11.5 Å². The first-order valence-corrected chi connectivity index (χ1v) is 24.2. The van der Waals surface area contributed by atoms with Crippen LogP contribution in [0.3, 0.4) is 0 Å². The lowest BCUT2D eigenvalue weighted by atomic mass is 9.98. The molecule has 406 valence electrons. The Kier molecular flexibility index (Phi) is 19.5. The Balaban J connectivity index is 1.36. The monoisotopic (exact) mass is 1050 g/mol. The van der Waals surface area contributed by atoms with Gasteiger partial charge in [0.15, 0.2) is 11.5 Å². The third-order valence-electron chi connectivity index (χ3n) is 13.1. The van der Waals surface area contributed by atoms with E-state index in [1.165, 1.54) is 25.1 Å². The van der Waals surface area contributed by atoms with E-state index < -0.39 is 165 Å². The molecule has 3 aromatic rings. The molecule has 3 fully saturated rings. The van der Waals surface area contributed by atoms with Gasteiger partial charge >= 0.3 is 6.09 Å². The van der Waals surface area contributed by atoms with E-state index in [2.05, 4.69) is 26.6 Å². The van der Waals surface area contributed by atoms with Gasteiger partial charge in [0.25, 0.3) is 0 Å². The van der Waals surface area contributed by atoms with Crippen LogP contribution in [0.4, 0.5) is 4.79 Å². The van der Waals surface area contributed by atoms with Crippen LogP contribution >= 0.6 is 0 Å². The Hall–Kier alpha value is -7.42. The first-order valence-electron chi connectivity index (χ1n) is 24.2. The first-order chi connectivity index (χ1) is 35.6. The molecule has 0 radical (unpaired) electrons. The van der Waals surface area contributed by atoms with Gasteiger partial charge in [0.1, 0.15) is 49.5 Å². The summed E-state index contributed by atoms with van der Waals surface area (Å²) in [5.74, 6) is -9.47. The highest BCUT2D eigenvalue weighted by Gasteiger charge is 2.50. The van der Waals surface area contributed by atoms with E-state index in [-0.39, 0.29) is 36.8 Å². The number of aromatic hydroxyl groups is 1. The third kappa shape index (κ3) is 14.9. The Bertz CT molecular complexity index is 2520. The molecule has 75 heavy (non-hydrogen) atoms. The summed E-state index contributed by atoms with van der Waals surface area (Å²) in [4.78, 5) is 113. The van der Waals surface area contributed by atoms with Gasteiger partial charge in [-0.25, -0.2) is 4.79 Å². The zero-order valence-electron chi connectivity index (χ0n) is 41.1. The Morgan fingerprint density at radius 1 is 0.720 bits per heavy atom. The number of hydrogen-bond acceptors (Lipinski definition) is 17. The number of carbonyl (C=O) groups is 8. The first kappa shape index (κ1) is 56.9. The van der Waals surface area contributed by atoms with Crippen LogP contribution in [0.25, 0.3) is 0 Å². The van der Waals surface area contributed by atoms with Gasteiger partial charge < -0.3 is 87.3 Å². The molecule has 3 saturated heterocycles. The summed E-state index contributed by atoms with van der Waals surface area (Å²) >= 11 is 0. The maximum atomic E-state index is 14.6. The van der Waals surface area contributed by atoms with Crippen molar-refractivity contribution in [3.05, 3.63) is 95.6 Å². The molecule has 8 amide bonds. The van der Waals surface area contributed by atoms with Crippen molar-refractivity contribution in [3.8, 4) is 11.5 Å². The van der Waals surface area contributed by atoms with Gasteiger partial charge in [0, 0.05) is 44.8 Å². The van der Waals surface area contributed by atoms with Crippen molar-refractivity contribution in [2.45, 2.75) is 126 Å². The van der Waals surface area contributed by atoms with E-state index in [0.717, 1.165) is 22.3 Å². The number of aliphatic hydroxyl groups is 6. The van der Waals surface area contributed by atoms with E-state index in [1.54, 1.807) is 54.6 Å². The summed E-state index contributed by atoms with van der Waals surface area (Å²) < 4.78 is 11.0. The summed E-state index contributed by atoms with van der Waals surface area (Å²) in [6.07, 6.45) is -14.3. The zero-order valence-corrected chi connectivity index (χ0v) is 41.1. The van der Waals surface area contributed by atoms with Crippen LogP contribution in [-0.4, -0.2) is 185 Å². The largest absolute Gasteiger partial charge is 0.504 e. The highest BCUT2D eigenvalue weighted by atomic mass is 16.5. The molecular weight excluding hydrogens is 985 g/mol. The number of nitrogens with one attached hydrogen (secondary N) is 5. The average Bonchev–Trinajstić information content (AvgIpc) is 3.92. The van der Waals surface area contributed by atoms with Crippen LogP contribution in [0.2, 0.25) is 0 Å². The van der Waals surface area contributed by atoms with Crippen LogP contribution in [-0.2, 0) is 57.9 Å². The van der Waals surface area contributed by atoms with Gasteiger partial charge in [-0.05, 0) is 35.7 Å². The number of rotatable bonds is 13. The number of primary amides is 1. The topological polar surface area (TPSA) is 389 Å². The van der Waals surface area contributed by atoms with Crippen molar-refractivity contribution >= 4 is 47.4 Å². The van der Waals surface area contributed by atoms with Crippen molar-refractivity contribution in [1.29, 1.82) is 0 Å². The number of phenolic OH excluding ortho intramolecular Hbond substituents is 1. The Morgan fingerprint density at radius 3 is 1.96 bits per heavy atom. The number of carbonyl (C=O) groups excluding carboxylic acids is 8. The quantitative estimate of drug-likeness (QED) is 0.0783. The number of nitrogens with zero attached hydrogens (tertiary/aromatic N) is 2. The van der Waals surface area contributed by atoms with E-state index in [4.69, 9.17) is 15.2 Å². The summed E-state index contributed by atoms with van der Waals surface area (Å²) in [5.41, 5.74) is 6.93. The fourth-order valence-electron chi connectivity index (χ4n) is 9.06. The minimum Gasteiger partial charge on any atom is -0.504 e. The van der Waals surface area contributed by atoms with E-state index in [1.807, 2.05) is 6.07 Å². The molecule has 0 aliphatic carbocycles. The van der Waals surface area contributed by atoms with E-state index >= 15 is 0 Å². The molecular formula is C50H64N8O17. The average molecular weight is 1050 g/mol. The summed E-state index contributed by atoms with van der Waals surface area (Å²) in [5, 5.41) is 90.1. The molecule has 0 spiro atoms. The highest BCUT2D eigenvalue weighted by Crippen LogP contribution is 2.30. The number of β-amino-alcohol motifs (C(OH)–C–C–N with tert-alkyl or cyclic N) is 1. The van der Waals surface area contributed by atoms with Crippen LogP contribution < -0.4 is 37.1 Å². The van der Waals surface area contributed by atoms with Gasteiger partial charge in [0.2, 0.25) is 41.4 Å². The summed E-state index contributed by atoms with van der Waals surface area (Å²) in [6, 6.07) is 10.1. The number of phenols is 1. The lowest BCUT2D eigenvalue weighted by Crippen LogP contribution is -2.64. The number of fused-ring (bicyclic) bond motifs is 2. The molecule has 3 aliphatic heterocycles. The molecule has 6 rings (SSSR count). The van der Waals surface area contributed by atoms with Crippen molar-refractivity contribution in [2.24, 2.45) is 11.7 Å². The number of hydrogen-bond donors (Lipinski definition) is 13. The van der Waals surface area contributed by atoms with E-state index in [0.29, 0.717) is 5.56 Å². The van der Waals surface area contributed by atoms with Crippen LogP contribution in [0, 0.1) is 5.92 Å². The molecule has 0 saturated carbocycles. The number of ether oxygens (including phenoxy) is 2. The highest BCUT2D eigenvalue weighted by molar-refractivity contribution is 5.98. The molecule has 25 nitrogen and oxygen atoms in total. The maximum Gasteiger partial charge on any atom is 0.408 e. The third-order valence-corrected chi connectivity index (χ3v) is 13.1. The molecule has 25 heteroatoms. The fraction of sp³-hybridized carbons (Fsp3) is 0.480. The smallest absolute Gasteiger partial charge is 0.408 e. The lowest BCUT2D eigenvalue weighted by molar-refractivity contribution is -0.147. The molecule has 14 N–H and O–H groups in total. The zero-order chi connectivity index (χ0) is 54.7. The predicted octanol–water partition coefficient (Wildman–Crippen LogP) is -3.71. The maximum absolute atomic E-state index is 14.6. The molecule has 3 heterocycles. The molecule has 3 aromatic carbocycles. The van der Waals surface area contributed by atoms with Crippen molar-refractivity contribution < 1.29 is 83.6 Å². The number of amides is 8. The normalized spacial score (nSPS) is 27.5. The lowest BCUT2D eigenvalue weighted by Gasteiger charge is -2.33. The molecule has 0 aromatic heterocycles. The van der Waals surface area contributed by atoms with Gasteiger partial charge in [-0.15, -0.1) is 0 Å². The minimum absolute atomic E-state index is 0.0555. The number of alkyl carbamates (subject to hydrolysis) is 1. The number of aliphatic hydroxyl groups excluding tert-OH is 6. The van der Waals surface area contributed by atoms with Crippen molar-refractivity contribution in [1.82, 2.24) is 36.4 Å². The van der Waals surface area contributed by atoms with Gasteiger partial charge in [-0.2, -0.15) is 0 Å². The van der Waals surface area contributed by atoms with Gasteiger partial charge in [-0.3, -0.25) is 33.6 Å². The van der Waals surface area contributed by atoms with Crippen LogP contribution in [0.1, 0.15) is 49.8 Å². The fourth-order valence-corrected chi connectivity index (χ4v) is 9.06.